The Kier molecular flexibility index (Phi) is 4.00. The van der Waals surface area contributed by atoms with Gasteiger partial charge in [-0.3, -0.25) is 4.90 Å². The highest BCUT2D eigenvalue weighted by Crippen LogP contribution is 2.41. The first kappa shape index (κ1) is 14.6. The number of nitrogens with zero attached hydrogens (tertiary/aromatic N) is 3. The van der Waals surface area contributed by atoms with Gasteiger partial charge in [0.25, 0.3) is 0 Å². The van der Waals surface area contributed by atoms with E-state index in [2.05, 4.69) is 39.0 Å². The van der Waals surface area contributed by atoms with Gasteiger partial charge in [0.2, 0.25) is 0 Å². The maximum Gasteiger partial charge on any atom is 0.141 e. The summed E-state index contributed by atoms with van der Waals surface area (Å²) in [6, 6.07) is 12.1. The van der Waals surface area contributed by atoms with Gasteiger partial charge in [-0.15, -0.1) is 0 Å². The zero-order chi connectivity index (χ0) is 15.6. The summed E-state index contributed by atoms with van der Waals surface area (Å²) in [5.41, 5.74) is 3.04. The lowest BCUT2D eigenvalue weighted by Gasteiger charge is -2.35. The summed E-state index contributed by atoms with van der Waals surface area (Å²) >= 11 is 0. The average molecular weight is 311 g/mol. The van der Waals surface area contributed by atoms with Crippen LogP contribution in [0.15, 0.2) is 42.6 Å². The maximum atomic E-state index is 13.0. The third-order valence-electron chi connectivity index (χ3n) is 4.87. The molecule has 120 valence electrons. The van der Waals surface area contributed by atoms with E-state index in [9.17, 15) is 4.39 Å². The van der Waals surface area contributed by atoms with Crippen LogP contribution < -0.4 is 4.90 Å². The van der Waals surface area contributed by atoms with Crippen molar-refractivity contribution in [2.45, 2.75) is 25.3 Å². The molecular formula is C19H22FN3. The molecule has 3 nitrogen and oxygen atoms in total. The Morgan fingerprint density at radius 3 is 2.48 bits per heavy atom. The van der Waals surface area contributed by atoms with Crippen LogP contribution in [0.1, 0.15) is 29.9 Å². The van der Waals surface area contributed by atoms with E-state index < -0.39 is 0 Å². The minimum absolute atomic E-state index is 0.274. The van der Waals surface area contributed by atoms with E-state index in [0.717, 1.165) is 44.5 Å². The Bertz CT molecular complexity index is 659. The molecule has 0 N–H and O–H groups in total. The predicted octanol–water partition coefficient (Wildman–Crippen LogP) is 3.42. The predicted molar refractivity (Wildman–Crippen MR) is 90.1 cm³/mol. The Labute approximate surface area is 136 Å². The van der Waals surface area contributed by atoms with Crippen LogP contribution in [-0.2, 0) is 6.54 Å². The zero-order valence-electron chi connectivity index (χ0n) is 13.3. The molecule has 1 aliphatic heterocycles. The number of piperazine rings is 1. The molecule has 23 heavy (non-hydrogen) atoms. The first-order valence-electron chi connectivity index (χ1n) is 8.46. The van der Waals surface area contributed by atoms with Crippen LogP contribution in [-0.4, -0.2) is 36.1 Å². The second kappa shape index (κ2) is 6.28. The lowest BCUT2D eigenvalue weighted by atomic mass is 10.0. The van der Waals surface area contributed by atoms with Gasteiger partial charge in [-0.05, 0) is 42.0 Å². The molecule has 0 amide bonds. The quantitative estimate of drug-likeness (QED) is 0.862. The zero-order valence-corrected chi connectivity index (χ0v) is 13.3. The van der Waals surface area contributed by atoms with E-state index in [4.69, 9.17) is 0 Å². The summed E-state index contributed by atoms with van der Waals surface area (Å²) in [6.45, 7) is 4.99. The highest BCUT2D eigenvalue weighted by molar-refractivity contribution is 5.39. The van der Waals surface area contributed by atoms with Gasteiger partial charge in [-0.25, -0.2) is 9.37 Å². The van der Waals surface area contributed by atoms with Crippen molar-refractivity contribution in [3.63, 3.8) is 0 Å². The van der Waals surface area contributed by atoms with Gasteiger partial charge in [-0.1, -0.05) is 24.3 Å². The smallest absolute Gasteiger partial charge is 0.141 e. The summed E-state index contributed by atoms with van der Waals surface area (Å²) in [7, 11) is 0. The second-order valence-corrected chi connectivity index (χ2v) is 6.57. The van der Waals surface area contributed by atoms with Gasteiger partial charge >= 0.3 is 0 Å². The lowest BCUT2D eigenvalue weighted by Crippen LogP contribution is -2.46. The maximum absolute atomic E-state index is 13.0. The number of aromatic nitrogens is 1. The molecule has 1 aromatic heterocycles. The second-order valence-electron chi connectivity index (χ2n) is 6.57. The molecule has 0 spiro atoms. The van der Waals surface area contributed by atoms with Crippen LogP contribution in [0.5, 0.6) is 0 Å². The summed E-state index contributed by atoms with van der Waals surface area (Å²) in [4.78, 5) is 8.94. The molecule has 2 aliphatic rings. The summed E-state index contributed by atoms with van der Waals surface area (Å²) in [5, 5.41) is 0. The Balaban J connectivity index is 1.37. The van der Waals surface area contributed by atoms with E-state index in [1.54, 1.807) is 11.6 Å². The van der Waals surface area contributed by atoms with Gasteiger partial charge in [0.05, 0.1) is 6.20 Å². The van der Waals surface area contributed by atoms with Crippen LogP contribution >= 0.6 is 0 Å². The average Bonchev–Trinajstić information content (AvgIpc) is 3.42. The fraction of sp³-hybridized carbons (Fsp3) is 0.421. The molecule has 2 heterocycles. The van der Waals surface area contributed by atoms with Crippen molar-refractivity contribution in [3.8, 4) is 0 Å². The number of pyridine rings is 1. The molecule has 0 bridgehead atoms. The van der Waals surface area contributed by atoms with E-state index in [1.807, 2.05) is 0 Å². The van der Waals surface area contributed by atoms with Crippen molar-refractivity contribution in [2.75, 3.05) is 31.1 Å². The Morgan fingerprint density at radius 1 is 1.00 bits per heavy atom. The van der Waals surface area contributed by atoms with Gasteiger partial charge in [0.1, 0.15) is 11.6 Å². The summed E-state index contributed by atoms with van der Waals surface area (Å²) in [6.07, 6.45) is 4.00. The van der Waals surface area contributed by atoms with E-state index >= 15 is 0 Å². The van der Waals surface area contributed by atoms with Gasteiger partial charge in [0, 0.05) is 32.7 Å². The molecule has 1 aromatic carbocycles. The fourth-order valence-electron chi connectivity index (χ4n) is 3.40. The number of hydrogen-bond acceptors (Lipinski definition) is 3. The number of halogens is 1. The molecule has 1 saturated carbocycles. The van der Waals surface area contributed by atoms with Crippen molar-refractivity contribution in [1.82, 2.24) is 9.88 Å². The van der Waals surface area contributed by atoms with Crippen LogP contribution in [0.2, 0.25) is 0 Å². The number of benzene rings is 1. The molecule has 4 heteroatoms. The van der Waals surface area contributed by atoms with E-state index in [0.29, 0.717) is 0 Å². The van der Waals surface area contributed by atoms with Crippen LogP contribution in [0, 0.1) is 5.82 Å². The first-order chi connectivity index (χ1) is 11.3. The Hall–Kier alpha value is -1.94. The third kappa shape index (κ3) is 3.37. The number of hydrogen-bond donors (Lipinski definition) is 0. The van der Waals surface area contributed by atoms with Crippen molar-refractivity contribution in [1.29, 1.82) is 0 Å². The number of rotatable bonds is 4. The molecule has 1 aliphatic carbocycles. The molecule has 0 unspecified atom stereocenters. The van der Waals surface area contributed by atoms with Crippen LogP contribution in [0.4, 0.5) is 10.2 Å². The fourth-order valence-corrected chi connectivity index (χ4v) is 3.40. The Morgan fingerprint density at radius 2 is 1.78 bits per heavy atom. The van der Waals surface area contributed by atoms with E-state index in [1.165, 1.54) is 30.7 Å². The SMILES string of the molecule is Fc1ccc(N2CCN(Cc3ccccc3C3CC3)CC2)nc1. The van der Waals surface area contributed by atoms with Gasteiger partial charge in [-0.2, -0.15) is 0 Å². The first-order valence-corrected chi connectivity index (χ1v) is 8.46. The summed E-state index contributed by atoms with van der Waals surface area (Å²) in [5.74, 6) is 1.41. The van der Waals surface area contributed by atoms with Gasteiger partial charge < -0.3 is 4.90 Å². The van der Waals surface area contributed by atoms with Gasteiger partial charge in [0.15, 0.2) is 0 Å². The standard InChI is InChI=1S/C19H22FN3/c20-17-7-8-19(21-13-17)23-11-9-22(10-12-23)14-16-3-1-2-4-18(16)15-5-6-15/h1-4,7-8,13,15H,5-6,9-12,14H2. The third-order valence-corrected chi connectivity index (χ3v) is 4.87. The monoisotopic (exact) mass is 311 g/mol. The molecule has 4 rings (SSSR count). The largest absolute Gasteiger partial charge is 0.354 e. The van der Waals surface area contributed by atoms with Crippen molar-refractivity contribution < 1.29 is 4.39 Å². The topological polar surface area (TPSA) is 19.4 Å². The van der Waals surface area contributed by atoms with Crippen molar-refractivity contribution in [3.05, 3.63) is 59.5 Å². The molecule has 1 saturated heterocycles. The van der Waals surface area contributed by atoms with Crippen molar-refractivity contribution in [2.24, 2.45) is 0 Å². The summed E-state index contributed by atoms with van der Waals surface area (Å²) < 4.78 is 13.0. The van der Waals surface area contributed by atoms with E-state index in [-0.39, 0.29) is 5.82 Å². The minimum atomic E-state index is -0.274. The van der Waals surface area contributed by atoms with Crippen LogP contribution in [0.3, 0.4) is 0 Å². The molecule has 2 aromatic rings. The van der Waals surface area contributed by atoms with Crippen LogP contribution in [0.25, 0.3) is 0 Å². The molecule has 0 radical (unpaired) electrons. The van der Waals surface area contributed by atoms with Crippen molar-refractivity contribution >= 4 is 5.82 Å². The lowest BCUT2D eigenvalue weighted by molar-refractivity contribution is 0.248. The highest BCUT2D eigenvalue weighted by atomic mass is 19.1. The number of anilines is 1. The molecule has 2 fully saturated rings. The normalized spacial score (nSPS) is 19.1. The molecular weight excluding hydrogens is 289 g/mol. The molecule has 0 atom stereocenters. The minimum Gasteiger partial charge on any atom is -0.354 e. The highest BCUT2D eigenvalue weighted by Gasteiger charge is 2.26.